The lowest BCUT2D eigenvalue weighted by molar-refractivity contribution is 0.373. The second-order valence-electron chi connectivity index (χ2n) is 2.72. The van der Waals surface area contributed by atoms with Crippen molar-refractivity contribution in [3.8, 4) is 11.5 Å². The van der Waals surface area contributed by atoms with Gasteiger partial charge in [0, 0.05) is 6.04 Å². The fraction of sp³-hybridized carbons (Fsp3) is 0.333. The first kappa shape index (κ1) is 12.1. The summed E-state index contributed by atoms with van der Waals surface area (Å²) in [6.45, 7) is 1.86. The molecule has 0 aromatic heterocycles. The van der Waals surface area contributed by atoms with Crippen LogP contribution in [0.4, 0.5) is 0 Å². The van der Waals surface area contributed by atoms with Crippen LogP contribution < -0.4 is 10.5 Å². The van der Waals surface area contributed by atoms with Gasteiger partial charge in [0.15, 0.2) is 11.5 Å². The third-order valence-corrected chi connectivity index (χ3v) is 1.73. The summed E-state index contributed by atoms with van der Waals surface area (Å²) in [5.74, 6) is 0.603. The van der Waals surface area contributed by atoms with E-state index in [0.29, 0.717) is 5.75 Å². The number of hydrogen-bond acceptors (Lipinski definition) is 3. The highest BCUT2D eigenvalue weighted by Crippen LogP contribution is 2.27. The van der Waals surface area contributed by atoms with Crippen LogP contribution in [0.2, 0.25) is 0 Å². The standard InChI is InChI=1S/C9H13NO2.ClH/c1-6(10)7-3-4-9(12-2)8(11)5-7;/h3-6,11H,10H2,1-2H3;1H/t6-;/m1./s1. The Balaban J connectivity index is 0.00000144. The van der Waals surface area contributed by atoms with Crippen molar-refractivity contribution in [3.05, 3.63) is 23.8 Å². The molecular formula is C9H14ClNO2. The van der Waals surface area contributed by atoms with Crippen molar-refractivity contribution in [2.24, 2.45) is 5.73 Å². The molecule has 0 fully saturated rings. The van der Waals surface area contributed by atoms with Gasteiger partial charge in [0.25, 0.3) is 0 Å². The predicted molar refractivity (Wildman–Crippen MR) is 54.5 cm³/mol. The summed E-state index contributed by atoms with van der Waals surface area (Å²) in [6.07, 6.45) is 0. The zero-order valence-corrected chi connectivity index (χ0v) is 8.47. The van der Waals surface area contributed by atoms with Crippen molar-refractivity contribution in [3.63, 3.8) is 0 Å². The molecule has 1 aromatic rings. The number of phenols is 1. The SMILES string of the molecule is COc1ccc([C@@H](C)N)cc1O.Cl. The van der Waals surface area contributed by atoms with Crippen LogP contribution in [0, 0.1) is 0 Å². The Morgan fingerprint density at radius 1 is 1.46 bits per heavy atom. The third-order valence-electron chi connectivity index (χ3n) is 1.73. The van der Waals surface area contributed by atoms with Gasteiger partial charge < -0.3 is 15.6 Å². The molecule has 0 radical (unpaired) electrons. The predicted octanol–water partition coefficient (Wildman–Crippen LogP) is 1.84. The molecular weight excluding hydrogens is 190 g/mol. The van der Waals surface area contributed by atoms with Crippen LogP contribution >= 0.6 is 12.4 Å². The molecule has 3 nitrogen and oxygen atoms in total. The van der Waals surface area contributed by atoms with Crippen molar-refractivity contribution in [2.75, 3.05) is 7.11 Å². The molecule has 74 valence electrons. The molecule has 0 unspecified atom stereocenters. The van der Waals surface area contributed by atoms with E-state index in [1.54, 1.807) is 12.1 Å². The van der Waals surface area contributed by atoms with Gasteiger partial charge in [-0.15, -0.1) is 12.4 Å². The third kappa shape index (κ3) is 2.79. The average Bonchev–Trinajstić information content (AvgIpc) is 2.04. The zero-order chi connectivity index (χ0) is 9.14. The van der Waals surface area contributed by atoms with E-state index >= 15 is 0 Å². The fourth-order valence-electron chi connectivity index (χ4n) is 0.990. The normalized spacial score (nSPS) is 11.6. The molecule has 0 aliphatic carbocycles. The van der Waals surface area contributed by atoms with Crippen LogP contribution in [0.25, 0.3) is 0 Å². The molecule has 0 bridgehead atoms. The van der Waals surface area contributed by atoms with E-state index in [4.69, 9.17) is 10.5 Å². The molecule has 0 aliphatic heterocycles. The van der Waals surface area contributed by atoms with Gasteiger partial charge in [0.2, 0.25) is 0 Å². The van der Waals surface area contributed by atoms with E-state index in [0.717, 1.165) is 5.56 Å². The Bertz CT molecular complexity index is 276. The zero-order valence-electron chi connectivity index (χ0n) is 7.65. The topological polar surface area (TPSA) is 55.5 Å². The molecule has 1 atom stereocenters. The van der Waals surface area contributed by atoms with E-state index in [1.165, 1.54) is 7.11 Å². The average molecular weight is 204 g/mol. The highest BCUT2D eigenvalue weighted by atomic mass is 35.5. The minimum Gasteiger partial charge on any atom is -0.504 e. The molecule has 0 amide bonds. The lowest BCUT2D eigenvalue weighted by Crippen LogP contribution is -2.04. The van der Waals surface area contributed by atoms with E-state index < -0.39 is 0 Å². The number of nitrogens with two attached hydrogens (primary N) is 1. The molecule has 3 N–H and O–H groups in total. The summed E-state index contributed by atoms with van der Waals surface area (Å²) in [6, 6.07) is 5.09. The van der Waals surface area contributed by atoms with Crippen LogP contribution in [0.15, 0.2) is 18.2 Å². The molecule has 0 saturated carbocycles. The van der Waals surface area contributed by atoms with Crippen molar-refractivity contribution in [1.29, 1.82) is 0 Å². The number of halogens is 1. The van der Waals surface area contributed by atoms with Gasteiger partial charge in [-0.2, -0.15) is 0 Å². The number of methoxy groups -OCH3 is 1. The summed E-state index contributed by atoms with van der Waals surface area (Å²) < 4.78 is 4.89. The van der Waals surface area contributed by atoms with Crippen LogP contribution in [0.3, 0.4) is 0 Å². The van der Waals surface area contributed by atoms with Gasteiger partial charge in [-0.1, -0.05) is 6.07 Å². The Morgan fingerprint density at radius 3 is 2.46 bits per heavy atom. The minimum atomic E-state index is -0.0678. The first-order valence-corrected chi connectivity index (χ1v) is 3.77. The Labute approximate surface area is 83.9 Å². The lowest BCUT2D eigenvalue weighted by Gasteiger charge is -2.08. The molecule has 13 heavy (non-hydrogen) atoms. The number of phenolic OH excluding ortho intramolecular Hbond substituents is 1. The Hall–Kier alpha value is -0.930. The second kappa shape index (κ2) is 4.94. The van der Waals surface area contributed by atoms with Crippen molar-refractivity contribution in [2.45, 2.75) is 13.0 Å². The molecule has 0 aliphatic rings. The first-order valence-electron chi connectivity index (χ1n) is 3.77. The van der Waals surface area contributed by atoms with Gasteiger partial charge in [0.05, 0.1) is 7.11 Å². The Kier molecular flexibility index (Phi) is 4.59. The van der Waals surface area contributed by atoms with Gasteiger partial charge >= 0.3 is 0 Å². The summed E-state index contributed by atoms with van der Waals surface area (Å²) >= 11 is 0. The van der Waals surface area contributed by atoms with Gasteiger partial charge in [-0.3, -0.25) is 0 Å². The highest BCUT2D eigenvalue weighted by Gasteiger charge is 2.04. The monoisotopic (exact) mass is 203 g/mol. The van der Waals surface area contributed by atoms with Crippen molar-refractivity contribution in [1.82, 2.24) is 0 Å². The number of hydrogen-bond donors (Lipinski definition) is 2. The number of rotatable bonds is 2. The van der Waals surface area contributed by atoms with E-state index in [-0.39, 0.29) is 24.2 Å². The maximum atomic E-state index is 9.36. The van der Waals surface area contributed by atoms with Gasteiger partial charge in [-0.25, -0.2) is 0 Å². The van der Waals surface area contributed by atoms with Crippen LogP contribution in [-0.2, 0) is 0 Å². The van der Waals surface area contributed by atoms with E-state index in [9.17, 15) is 5.11 Å². The second-order valence-corrected chi connectivity index (χ2v) is 2.72. The minimum absolute atomic E-state index is 0. The lowest BCUT2D eigenvalue weighted by atomic mass is 10.1. The summed E-state index contributed by atoms with van der Waals surface area (Å²) in [4.78, 5) is 0. The van der Waals surface area contributed by atoms with Crippen LogP contribution in [0.1, 0.15) is 18.5 Å². The maximum absolute atomic E-state index is 9.36. The molecule has 1 aromatic carbocycles. The smallest absolute Gasteiger partial charge is 0.160 e. The summed E-state index contributed by atoms with van der Waals surface area (Å²) in [5, 5.41) is 9.36. The molecule has 1 rings (SSSR count). The van der Waals surface area contributed by atoms with Gasteiger partial charge in [-0.05, 0) is 24.6 Å². The first-order chi connectivity index (χ1) is 5.65. The molecule has 4 heteroatoms. The van der Waals surface area contributed by atoms with Crippen LogP contribution in [-0.4, -0.2) is 12.2 Å². The van der Waals surface area contributed by atoms with Crippen molar-refractivity contribution >= 4 is 12.4 Å². The van der Waals surface area contributed by atoms with Gasteiger partial charge in [0.1, 0.15) is 0 Å². The largest absolute Gasteiger partial charge is 0.504 e. The summed E-state index contributed by atoms with van der Waals surface area (Å²) in [5.41, 5.74) is 6.52. The fourth-order valence-corrected chi connectivity index (χ4v) is 0.990. The Morgan fingerprint density at radius 2 is 2.08 bits per heavy atom. The van der Waals surface area contributed by atoms with Crippen molar-refractivity contribution < 1.29 is 9.84 Å². The van der Waals surface area contributed by atoms with Crippen LogP contribution in [0.5, 0.6) is 11.5 Å². The summed E-state index contributed by atoms with van der Waals surface area (Å²) in [7, 11) is 1.51. The highest BCUT2D eigenvalue weighted by molar-refractivity contribution is 5.85. The number of aromatic hydroxyl groups is 1. The molecule has 0 spiro atoms. The molecule has 0 saturated heterocycles. The quantitative estimate of drug-likeness (QED) is 0.771. The van der Waals surface area contributed by atoms with E-state index in [2.05, 4.69) is 0 Å². The number of ether oxygens (including phenoxy) is 1. The van der Waals surface area contributed by atoms with E-state index in [1.807, 2.05) is 13.0 Å². The molecule has 0 heterocycles. The maximum Gasteiger partial charge on any atom is 0.160 e. The number of benzene rings is 1.